The molecule has 1 aliphatic heterocycles. The number of nitrogens with zero attached hydrogens (tertiary/aromatic N) is 5. The van der Waals surface area contributed by atoms with E-state index in [1.54, 1.807) is 30.6 Å². The van der Waals surface area contributed by atoms with Crippen LogP contribution in [-0.2, 0) is 0 Å². The number of alkyl halides is 2. The summed E-state index contributed by atoms with van der Waals surface area (Å²) in [5, 5.41) is 11.3. The van der Waals surface area contributed by atoms with E-state index in [1.807, 2.05) is 6.07 Å². The van der Waals surface area contributed by atoms with Crippen LogP contribution >= 0.6 is 0 Å². The van der Waals surface area contributed by atoms with Gasteiger partial charge in [-0.15, -0.1) is 5.10 Å². The summed E-state index contributed by atoms with van der Waals surface area (Å²) >= 11 is 0. The van der Waals surface area contributed by atoms with Crippen molar-refractivity contribution in [2.45, 2.75) is 13.0 Å². The minimum absolute atomic E-state index is 0.108. The molecule has 0 spiro atoms. The van der Waals surface area contributed by atoms with Crippen molar-refractivity contribution in [1.29, 1.82) is 0 Å². The number of rotatable bonds is 6. The Bertz CT molecular complexity index is 1010. The highest BCUT2D eigenvalue weighted by atomic mass is 19.3. The molecule has 1 saturated heterocycles. The molecule has 2 fully saturated rings. The number of ether oxygens (including phenoxy) is 1. The molecule has 9 heteroatoms. The molecule has 5 rings (SSSR count). The van der Waals surface area contributed by atoms with Crippen molar-refractivity contribution >= 4 is 17.6 Å². The van der Waals surface area contributed by atoms with Crippen molar-refractivity contribution in [3.63, 3.8) is 0 Å². The highest BCUT2D eigenvalue weighted by Gasteiger charge is 2.45. The third-order valence-electron chi connectivity index (χ3n) is 5.23. The topological polar surface area (TPSA) is 76.1 Å². The molecule has 2 unspecified atom stereocenters. The van der Waals surface area contributed by atoms with Gasteiger partial charge in [-0.2, -0.15) is 18.9 Å². The van der Waals surface area contributed by atoms with Gasteiger partial charge >= 0.3 is 6.61 Å². The quantitative estimate of drug-likeness (QED) is 0.680. The second kappa shape index (κ2) is 7.23. The molecule has 3 heterocycles. The molecule has 2 aliphatic rings. The zero-order valence-electron chi connectivity index (χ0n) is 15.4. The third kappa shape index (κ3) is 3.94. The summed E-state index contributed by atoms with van der Waals surface area (Å²) in [5.74, 6) is 3.61. The molecule has 0 amide bonds. The maximum absolute atomic E-state index is 12.3. The van der Waals surface area contributed by atoms with Crippen molar-refractivity contribution in [3.05, 3.63) is 48.8 Å². The van der Waals surface area contributed by atoms with E-state index in [-0.39, 0.29) is 5.75 Å². The number of nitrogens with one attached hydrogen (secondary N) is 1. The van der Waals surface area contributed by atoms with Crippen LogP contribution in [0.2, 0.25) is 0 Å². The summed E-state index contributed by atoms with van der Waals surface area (Å²) < 4.78 is 29.0. The fraction of sp³-hybridized carbons (Fsp3) is 0.300. The number of aromatic nitrogens is 4. The Balaban J connectivity index is 1.31. The van der Waals surface area contributed by atoms with Gasteiger partial charge in [-0.05, 0) is 48.1 Å². The molecule has 148 valence electrons. The summed E-state index contributed by atoms with van der Waals surface area (Å²) in [5.41, 5.74) is 1.60. The number of fused-ring (bicyclic) bond motifs is 1. The number of piperidine rings is 1. The predicted molar refractivity (Wildman–Crippen MR) is 103 cm³/mol. The first-order valence-electron chi connectivity index (χ1n) is 9.37. The van der Waals surface area contributed by atoms with E-state index < -0.39 is 6.61 Å². The molecular weight excluding hydrogens is 378 g/mol. The van der Waals surface area contributed by atoms with Gasteiger partial charge in [0.1, 0.15) is 11.6 Å². The molecule has 29 heavy (non-hydrogen) atoms. The zero-order chi connectivity index (χ0) is 19.8. The SMILES string of the molecule is FC(F)Oc1ccc(-c2cnnc(Nc3ccnc(N4CC5CC5C4)n3)c2)cc1. The Labute approximate surface area is 165 Å². The van der Waals surface area contributed by atoms with Crippen molar-refractivity contribution in [2.24, 2.45) is 11.8 Å². The Kier molecular flexibility index (Phi) is 4.42. The first-order chi connectivity index (χ1) is 14.1. The summed E-state index contributed by atoms with van der Waals surface area (Å²) in [6.07, 6.45) is 4.66. The van der Waals surface area contributed by atoms with E-state index in [0.29, 0.717) is 11.6 Å². The van der Waals surface area contributed by atoms with Gasteiger partial charge in [0.15, 0.2) is 5.82 Å². The molecule has 2 aromatic heterocycles. The van der Waals surface area contributed by atoms with Crippen LogP contribution in [0.3, 0.4) is 0 Å². The summed E-state index contributed by atoms with van der Waals surface area (Å²) in [4.78, 5) is 11.2. The average Bonchev–Trinajstić information content (AvgIpc) is 3.33. The van der Waals surface area contributed by atoms with Crippen molar-refractivity contribution < 1.29 is 13.5 Å². The minimum Gasteiger partial charge on any atom is -0.435 e. The zero-order valence-corrected chi connectivity index (χ0v) is 15.4. The van der Waals surface area contributed by atoms with E-state index >= 15 is 0 Å². The van der Waals surface area contributed by atoms with Crippen molar-refractivity contribution in [2.75, 3.05) is 23.3 Å². The van der Waals surface area contributed by atoms with E-state index in [2.05, 4.69) is 35.1 Å². The largest absolute Gasteiger partial charge is 0.435 e. The lowest BCUT2D eigenvalue weighted by Gasteiger charge is -2.18. The van der Waals surface area contributed by atoms with Crippen LogP contribution in [0.5, 0.6) is 5.75 Å². The van der Waals surface area contributed by atoms with E-state index in [0.717, 1.165) is 42.0 Å². The Morgan fingerprint density at radius 2 is 1.83 bits per heavy atom. The van der Waals surface area contributed by atoms with Gasteiger partial charge in [0.25, 0.3) is 0 Å². The molecule has 3 aromatic rings. The third-order valence-corrected chi connectivity index (χ3v) is 5.23. The lowest BCUT2D eigenvalue weighted by molar-refractivity contribution is -0.0498. The maximum Gasteiger partial charge on any atom is 0.387 e. The van der Waals surface area contributed by atoms with Gasteiger partial charge in [-0.25, -0.2) is 4.98 Å². The van der Waals surface area contributed by atoms with Crippen LogP contribution in [0.25, 0.3) is 11.1 Å². The molecule has 1 aliphatic carbocycles. The van der Waals surface area contributed by atoms with Gasteiger partial charge in [0.05, 0.1) is 6.20 Å². The van der Waals surface area contributed by atoms with Crippen molar-refractivity contribution in [1.82, 2.24) is 20.2 Å². The van der Waals surface area contributed by atoms with Gasteiger partial charge in [-0.3, -0.25) is 0 Å². The number of anilines is 3. The number of hydrogen-bond acceptors (Lipinski definition) is 7. The van der Waals surface area contributed by atoms with Gasteiger partial charge in [0, 0.05) is 24.8 Å². The Morgan fingerprint density at radius 1 is 1.03 bits per heavy atom. The molecular formula is C20H18F2N6O. The average molecular weight is 396 g/mol. The Morgan fingerprint density at radius 3 is 2.59 bits per heavy atom. The van der Waals surface area contributed by atoms with E-state index in [1.165, 1.54) is 18.6 Å². The van der Waals surface area contributed by atoms with Crippen LogP contribution in [0.15, 0.2) is 48.8 Å². The first-order valence-corrected chi connectivity index (χ1v) is 9.37. The van der Waals surface area contributed by atoms with E-state index in [4.69, 9.17) is 0 Å². The summed E-state index contributed by atoms with van der Waals surface area (Å²) in [6.45, 7) is -0.799. The molecule has 1 N–H and O–H groups in total. The van der Waals surface area contributed by atoms with Crippen LogP contribution < -0.4 is 15.0 Å². The van der Waals surface area contributed by atoms with Crippen LogP contribution in [0.4, 0.5) is 26.4 Å². The van der Waals surface area contributed by atoms with Gasteiger partial charge in [-0.1, -0.05) is 12.1 Å². The number of benzene rings is 1. The van der Waals surface area contributed by atoms with E-state index in [9.17, 15) is 8.78 Å². The predicted octanol–water partition coefficient (Wildman–Crippen LogP) is 3.73. The smallest absolute Gasteiger partial charge is 0.387 e. The Hall–Kier alpha value is -3.36. The standard InChI is InChI=1S/C20H18F2N6O/c21-19(22)29-16-3-1-12(2-4-16)13-8-18(27-24-9-13)25-17-5-6-23-20(26-17)28-10-14-7-15(14)11-28/h1-6,8-9,14-15,19H,7,10-11H2,(H,23,25,26,27). The maximum atomic E-state index is 12.3. The van der Waals surface area contributed by atoms with Gasteiger partial charge in [0.2, 0.25) is 5.95 Å². The minimum atomic E-state index is -2.84. The second-order valence-corrected chi connectivity index (χ2v) is 7.26. The first kappa shape index (κ1) is 17.7. The lowest BCUT2D eigenvalue weighted by atomic mass is 10.1. The highest BCUT2D eigenvalue weighted by Crippen LogP contribution is 2.45. The van der Waals surface area contributed by atoms with Crippen LogP contribution in [0.1, 0.15) is 6.42 Å². The molecule has 0 bridgehead atoms. The molecule has 7 nitrogen and oxygen atoms in total. The van der Waals surface area contributed by atoms with Crippen molar-refractivity contribution in [3.8, 4) is 16.9 Å². The fourth-order valence-electron chi connectivity index (χ4n) is 3.68. The monoisotopic (exact) mass is 396 g/mol. The normalized spacial score (nSPS) is 19.9. The second-order valence-electron chi connectivity index (χ2n) is 7.26. The summed E-state index contributed by atoms with van der Waals surface area (Å²) in [7, 11) is 0. The molecule has 0 radical (unpaired) electrons. The van der Waals surface area contributed by atoms with Gasteiger partial charge < -0.3 is 15.0 Å². The molecule has 1 saturated carbocycles. The molecule has 2 atom stereocenters. The highest BCUT2D eigenvalue weighted by molar-refractivity contribution is 5.67. The number of halogens is 2. The summed E-state index contributed by atoms with van der Waals surface area (Å²) in [6, 6.07) is 9.98. The lowest BCUT2D eigenvalue weighted by Crippen LogP contribution is -2.24. The van der Waals surface area contributed by atoms with Crippen LogP contribution in [-0.4, -0.2) is 39.9 Å². The molecule has 1 aromatic carbocycles. The fourth-order valence-corrected chi connectivity index (χ4v) is 3.68. The van der Waals surface area contributed by atoms with Crippen LogP contribution in [0, 0.1) is 11.8 Å². The number of hydrogen-bond donors (Lipinski definition) is 1.